The summed E-state index contributed by atoms with van der Waals surface area (Å²) in [5, 5.41) is 21.5. The van der Waals surface area contributed by atoms with E-state index < -0.39 is 4.92 Å². The van der Waals surface area contributed by atoms with Gasteiger partial charge in [0, 0.05) is 53.8 Å². The van der Waals surface area contributed by atoms with Gasteiger partial charge < -0.3 is 14.5 Å². The van der Waals surface area contributed by atoms with Crippen LogP contribution in [0, 0.1) is 23.1 Å². The van der Waals surface area contributed by atoms with Gasteiger partial charge in [0.25, 0.3) is 0 Å². The number of nitrogens with zero attached hydrogens (tertiary/aromatic N) is 2. The van der Waals surface area contributed by atoms with E-state index in [4.69, 9.17) is 9.52 Å². The predicted octanol–water partition coefficient (Wildman–Crippen LogP) is 6.58. The van der Waals surface area contributed by atoms with Crippen LogP contribution < -0.4 is 0 Å². The summed E-state index contributed by atoms with van der Waals surface area (Å²) in [5.41, 5.74) is 6.56. The summed E-state index contributed by atoms with van der Waals surface area (Å²) >= 11 is 0. The third-order valence-electron chi connectivity index (χ3n) is 5.83. The average Bonchev–Trinajstić information content (AvgIpc) is 3.14. The molecule has 0 amide bonds. The number of nitro groups is 1. The van der Waals surface area contributed by atoms with Crippen molar-refractivity contribution in [3.8, 4) is 11.3 Å². The molecule has 4 aromatic rings. The number of aliphatic hydroxyl groups is 1. The molecule has 2 aromatic carbocycles. The molecule has 8 heteroatoms. The number of allylic oxidation sites excluding steroid dienone is 2. The zero-order chi connectivity index (χ0) is 24.4. The molecule has 0 saturated carbocycles. The van der Waals surface area contributed by atoms with E-state index >= 15 is 0 Å². The quantitative estimate of drug-likeness (QED) is 0.0884. The number of hydrogen-bond donors (Lipinski definition) is 1. The maximum Gasteiger partial charge on any atom is 0.190 e. The first-order valence-electron chi connectivity index (χ1n) is 11.1. The van der Waals surface area contributed by atoms with Gasteiger partial charge in [0.05, 0.1) is 5.76 Å². The second kappa shape index (κ2) is 10.9. The first-order chi connectivity index (χ1) is 16.2. The Labute approximate surface area is 216 Å². The number of benzene rings is 2. The Hall–Kier alpha value is -3.35. The Balaban J connectivity index is 0.000000378. The van der Waals surface area contributed by atoms with Gasteiger partial charge in [-0.3, -0.25) is 14.9 Å². The second-order valence-corrected chi connectivity index (χ2v) is 8.53. The molecule has 0 unspecified atom stereocenters. The van der Waals surface area contributed by atoms with Crippen molar-refractivity contribution in [2.24, 2.45) is 0 Å². The normalized spacial score (nSPS) is 12.9. The number of fused-ring (bicyclic) bond motifs is 4. The summed E-state index contributed by atoms with van der Waals surface area (Å²) in [6.07, 6.45) is 7.61. The number of hydrogen-bond acceptors (Lipinski definition) is 6. The number of ketones is 1. The van der Waals surface area contributed by atoms with E-state index in [0.717, 1.165) is 40.3 Å². The van der Waals surface area contributed by atoms with Crippen LogP contribution in [-0.4, -0.2) is 20.8 Å². The van der Waals surface area contributed by atoms with E-state index in [1.54, 1.807) is 12.3 Å². The summed E-state index contributed by atoms with van der Waals surface area (Å²) in [7, 11) is 0. The van der Waals surface area contributed by atoms with Crippen LogP contribution in [0.3, 0.4) is 0 Å². The van der Waals surface area contributed by atoms with Crippen molar-refractivity contribution in [3.05, 3.63) is 81.2 Å². The summed E-state index contributed by atoms with van der Waals surface area (Å²) < 4.78 is 6.22. The maximum atomic E-state index is 11.0. The largest absolute Gasteiger partial charge is 0.512 e. The van der Waals surface area contributed by atoms with E-state index in [-0.39, 0.29) is 37.3 Å². The molecule has 0 fully saturated rings. The first-order valence-corrected chi connectivity index (χ1v) is 11.1. The number of aryl methyl sites for hydroxylation is 3. The standard InChI is InChI=1S/C22H17N2O3.C5H8O2.Ir/c1-13-10-16(24(25)26)6-7-17(13)21-22-18(8-9-23-21)19-11-14-4-2-3-5-15(14)12-20(19)27-22;1-4(6)3-5(2)7;/h6,8-12H,2-5H2,1H3;3,6H,1-2H3;/q-1;;/b;4-3-;. The van der Waals surface area contributed by atoms with E-state index in [1.807, 2.05) is 13.0 Å². The van der Waals surface area contributed by atoms with Crippen molar-refractivity contribution >= 4 is 33.4 Å². The number of aliphatic hydroxyl groups excluding tert-OH is 1. The molecule has 183 valence electrons. The number of nitro benzene ring substituents is 1. The van der Waals surface area contributed by atoms with Crippen molar-refractivity contribution < 1.29 is 39.3 Å². The van der Waals surface area contributed by atoms with Crippen LogP contribution in [0.15, 0.2) is 52.8 Å². The molecule has 0 aliphatic heterocycles. The molecule has 5 rings (SSSR count). The van der Waals surface area contributed by atoms with Crippen LogP contribution in [-0.2, 0) is 37.7 Å². The molecule has 0 bridgehead atoms. The zero-order valence-electron chi connectivity index (χ0n) is 19.7. The number of pyridine rings is 1. The fraction of sp³-hybridized carbons (Fsp3) is 0.259. The smallest absolute Gasteiger partial charge is 0.190 e. The van der Waals surface area contributed by atoms with Crippen molar-refractivity contribution in [3.63, 3.8) is 0 Å². The molecule has 1 radical (unpaired) electrons. The molecule has 1 aliphatic rings. The van der Waals surface area contributed by atoms with E-state index in [1.165, 1.54) is 50.0 Å². The number of rotatable bonds is 3. The summed E-state index contributed by atoms with van der Waals surface area (Å²) in [6.45, 7) is 4.68. The van der Waals surface area contributed by atoms with Crippen LogP contribution in [0.5, 0.6) is 0 Å². The Bertz CT molecular complexity index is 1450. The van der Waals surface area contributed by atoms with Crippen LogP contribution in [0.2, 0.25) is 0 Å². The molecule has 35 heavy (non-hydrogen) atoms. The molecule has 2 aromatic heterocycles. The number of non-ortho nitro benzene ring substituents is 1. The molecule has 1 aliphatic carbocycles. The van der Waals surface area contributed by atoms with Gasteiger partial charge in [0.2, 0.25) is 0 Å². The van der Waals surface area contributed by atoms with E-state index in [0.29, 0.717) is 11.3 Å². The molecular weight excluding hydrogens is 625 g/mol. The molecule has 0 atom stereocenters. The molecule has 0 saturated heterocycles. The van der Waals surface area contributed by atoms with Gasteiger partial charge in [-0.15, -0.1) is 17.2 Å². The number of aromatic nitrogens is 1. The van der Waals surface area contributed by atoms with Gasteiger partial charge in [0.1, 0.15) is 11.2 Å². The minimum atomic E-state index is -0.410. The maximum absolute atomic E-state index is 11.0. The predicted molar refractivity (Wildman–Crippen MR) is 131 cm³/mol. The van der Waals surface area contributed by atoms with E-state index in [2.05, 4.69) is 23.2 Å². The first kappa shape index (κ1) is 26.3. The van der Waals surface area contributed by atoms with Gasteiger partial charge in [-0.25, -0.2) is 0 Å². The minimum Gasteiger partial charge on any atom is -0.512 e. The minimum absolute atomic E-state index is 0. The van der Waals surface area contributed by atoms with Gasteiger partial charge in [-0.05, 0) is 68.9 Å². The average molecular weight is 650 g/mol. The fourth-order valence-corrected chi connectivity index (χ4v) is 4.36. The van der Waals surface area contributed by atoms with Gasteiger partial charge in [0.15, 0.2) is 11.5 Å². The van der Waals surface area contributed by atoms with Crippen LogP contribution in [0.25, 0.3) is 33.2 Å². The van der Waals surface area contributed by atoms with Crippen molar-refractivity contribution in [2.75, 3.05) is 0 Å². The molecule has 0 spiro atoms. The SMILES string of the molecule is CC(=O)/C=C(/C)O.Cc1cc([N+](=O)[O-])c[c-]c1-c1nccc2c1oc1cc3c(cc12)CCCC3.[Ir]. The van der Waals surface area contributed by atoms with Gasteiger partial charge in [-0.1, -0.05) is 19.1 Å². The Morgan fingerprint density at radius 3 is 2.43 bits per heavy atom. The third kappa shape index (κ3) is 5.66. The number of carbonyl (C=O) groups is 1. The number of carbonyl (C=O) groups excluding carboxylic acids is 1. The molecular formula is C27H25IrN2O5-. The zero-order valence-corrected chi connectivity index (χ0v) is 22.1. The fourth-order valence-electron chi connectivity index (χ4n) is 4.36. The Morgan fingerprint density at radius 1 is 1.17 bits per heavy atom. The molecule has 7 nitrogen and oxygen atoms in total. The summed E-state index contributed by atoms with van der Waals surface area (Å²) in [5.74, 6) is -0.0625. The topological polar surface area (TPSA) is 106 Å². The monoisotopic (exact) mass is 650 g/mol. The second-order valence-electron chi connectivity index (χ2n) is 8.53. The number of furan rings is 1. The summed E-state index contributed by atoms with van der Waals surface area (Å²) in [4.78, 5) is 25.1. The van der Waals surface area contributed by atoms with Crippen molar-refractivity contribution in [1.82, 2.24) is 4.98 Å². The van der Waals surface area contributed by atoms with Crippen LogP contribution >= 0.6 is 0 Å². The van der Waals surface area contributed by atoms with E-state index in [9.17, 15) is 14.9 Å². The van der Waals surface area contributed by atoms with Crippen molar-refractivity contribution in [2.45, 2.75) is 46.5 Å². The van der Waals surface area contributed by atoms with Crippen LogP contribution in [0.4, 0.5) is 5.69 Å². The molecule has 2 heterocycles. The third-order valence-corrected chi connectivity index (χ3v) is 5.83. The Kier molecular flexibility index (Phi) is 8.20. The summed E-state index contributed by atoms with van der Waals surface area (Å²) in [6, 6.07) is 12.4. The van der Waals surface area contributed by atoms with Crippen LogP contribution in [0.1, 0.15) is 43.4 Å². The van der Waals surface area contributed by atoms with Crippen molar-refractivity contribution in [1.29, 1.82) is 0 Å². The Morgan fingerprint density at radius 2 is 1.86 bits per heavy atom. The van der Waals surface area contributed by atoms with Gasteiger partial charge in [-0.2, -0.15) is 0 Å². The molecule has 1 N–H and O–H groups in total. The van der Waals surface area contributed by atoms with Gasteiger partial charge >= 0.3 is 0 Å².